The molecule has 0 fully saturated rings. The Morgan fingerprint density at radius 3 is 1.17 bits per heavy atom. The van der Waals surface area contributed by atoms with Crippen LogP contribution in [-0.2, 0) is 23.8 Å². The van der Waals surface area contributed by atoms with E-state index in [-0.39, 0.29) is 31.6 Å². The molecule has 372 valence electrons. The lowest BCUT2D eigenvalue weighted by atomic mass is 10.1. The molecule has 0 aromatic heterocycles. The van der Waals surface area contributed by atoms with Gasteiger partial charge in [-0.15, -0.1) is 0 Å². The van der Waals surface area contributed by atoms with Crippen LogP contribution >= 0.6 is 0 Å². The van der Waals surface area contributed by atoms with E-state index in [1.807, 2.05) is 12.2 Å². The Hall–Kier alpha value is -3.96. The molecule has 5 nitrogen and oxygen atoms in total. The summed E-state index contributed by atoms with van der Waals surface area (Å²) in [6.45, 7) is 7.38. The smallest absolute Gasteiger partial charge is 0.310 e. The van der Waals surface area contributed by atoms with E-state index < -0.39 is 6.10 Å². The fraction of sp³-hybridized carbons (Fsp3) is 0.607. The Balaban J connectivity index is 4.45. The molecule has 0 N–H and O–H groups in total. The molecule has 0 saturated heterocycles. The Morgan fingerprint density at radius 1 is 0.364 bits per heavy atom. The quantitative estimate of drug-likeness (QED) is 0.0346. The van der Waals surface area contributed by atoms with Gasteiger partial charge >= 0.3 is 11.9 Å². The number of allylic oxidation sites excluding steroid dienone is 21. The topological polar surface area (TPSA) is 61.8 Å². The van der Waals surface area contributed by atoms with Crippen LogP contribution in [0, 0.1) is 0 Å². The van der Waals surface area contributed by atoms with Crippen molar-refractivity contribution in [1.82, 2.24) is 0 Å². The third-order valence-corrected chi connectivity index (χ3v) is 10.7. The van der Waals surface area contributed by atoms with Crippen LogP contribution in [0.2, 0.25) is 0 Å². The van der Waals surface area contributed by atoms with E-state index in [1.165, 1.54) is 70.6 Å². The van der Waals surface area contributed by atoms with Crippen LogP contribution in [0.3, 0.4) is 0 Å². The molecule has 0 aliphatic heterocycles. The van der Waals surface area contributed by atoms with Gasteiger partial charge in [-0.1, -0.05) is 219 Å². The zero-order valence-corrected chi connectivity index (χ0v) is 42.7. The van der Waals surface area contributed by atoms with Crippen molar-refractivity contribution < 1.29 is 23.8 Å². The first-order valence-corrected chi connectivity index (χ1v) is 26.7. The molecule has 0 aliphatic rings. The molecular formula is C61H98O5. The van der Waals surface area contributed by atoms with Crippen LogP contribution in [-0.4, -0.2) is 37.9 Å². The molecule has 0 aromatic carbocycles. The molecule has 5 heteroatoms. The van der Waals surface area contributed by atoms with Gasteiger partial charge in [0.25, 0.3) is 0 Å². The van der Waals surface area contributed by atoms with Crippen molar-refractivity contribution in [2.75, 3.05) is 19.8 Å². The molecule has 0 amide bonds. The summed E-state index contributed by atoms with van der Waals surface area (Å²) in [7, 11) is 0. The summed E-state index contributed by atoms with van der Waals surface area (Å²) in [6, 6.07) is 0. The first kappa shape index (κ1) is 62.0. The second kappa shape index (κ2) is 55.4. The molecule has 66 heavy (non-hydrogen) atoms. The average molecular weight is 911 g/mol. The maximum atomic E-state index is 12.8. The van der Waals surface area contributed by atoms with E-state index in [4.69, 9.17) is 14.2 Å². The minimum absolute atomic E-state index is 0.0219. The monoisotopic (exact) mass is 911 g/mol. The minimum atomic E-state index is -0.619. The van der Waals surface area contributed by atoms with Crippen LogP contribution < -0.4 is 0 Å². The van der Waals surface area contributed by atoms with Gasteiger partial charge in [-0.3, -0.25) is 9.59 Å². The second-order valence-corrected chi connectivity index (χ2v) is 17.0. The van der Waals surface area contributed by atoms with Crippen LogP contribution in [0.15, 0.2) is 134 Å². The molecule has 0 saturated carbocycles. The second-order valence-electron chi connectivity index (χ2n) is 17.0. The van der Waals surface area contributed by atoms with E-state index in [0.717, 1.165) is 109 Å². The summed E-state index contributed by atoms with van der Waals surface area (Å²) >= 11 is 0. The van der Waals surface area contributed by atoms with E-state index >= 15 is 0 Å². The Kier molecular flexibility index (Phi) is 52.0. The lowest BCUT2D eigenvalue weighted by Crippen LogP contribution is -2.29. The summed E-state index contributed by atoms with van der Waals surface area (Å²) in [5, 5.41) is 0. The van der Waals surface area contributed by atoms with Crippen LogP contribution in [0.25, 0.3) is 0 Å². The Labute approximate surface area is 407 Å². The third-order valence-electron chi connectivity index (χ3n) is 10.7. The third kappa shape index (κ3) is 52.7. The number of carbonyl (C=O) groups is 2. The normalized spacial score (nSPS) is 13.3. The van der Waals surface area contributed by atoms with Gasteiger partial charge in [0.05, 0.1) is 13.0 Å². The molecule has 0 spiro atoms. The molecule has 0 aromatic rings. The number of esters is 2. The van der Waals surface area contributed by atoms with Crippen molar-refractivity contribution in [1.29, 1.82) is 0 Å². The first-order chi connectivity index (χ1) is 32.6. The lowest BCUT2D eigenvalue weighted by molar-refractivity contribution is -0.162. The predicted octanol–water partition coefficient (Wildman–Crippen LogP) is 18.3. The predicted molar refractivity (Wildman–Crippen MR) is 288 cm³/mol. The van der Waals surface area contributed by atoms with Gasteiger partial charge in [-0.2, -0.15) is 0 Å². The average Bonchev–Trinajstić information content (AvgIpc) is 3.32. The van der Waals surface area contributed by atoms with Gasteiger partial charge in [0.2, 0.25) is 0 Å². The Morgan fingerprint density at radius 2 is 0.727 bits per heavy atom. The van der Waals surface area contributed by atoms with E-state index in [0.29, 0.717) is 13.0 Å². The molecular weight excluding hydrogens is 813 g/mol. The van der Waals surface area contributed by atoms with Crippen molar-refractivity contribution in [2.45, 2.75) is 219 Å². The summed E-state index contributed by atoms with van der Waals surface area (Å²) in [5.74, 6) is -0.575. The van der Waals surface area contributed by atoms with Crippen molar-refractivity contribution in [3.63, 3.8) is 0 Å². The van der Waals surface area contributed by atoms with Crippen molar-refractivity contribution >= 4 is 11.9 Å². The van der Waals surface area contributed by atoms with Crippen LogP contribution in [0.1, 0.15) is 213 Å². The fourth-order valence-electron chi connectivity index (χ4n) is 6.78. The number of hydrogen-bond acceptors (Lipinski definition) is 5. The van der Waals surface area contributed by atoms with Crippen molar-refractivity contribution in [3.8, 4) is 0 Å². The van der Waals surface area contributed by atoms with E-state index in [1.54, 1.807) is 0 Å². The zero-order valence-electron chi connectivity index (χ0n) is 42.7. The van der Waals surface area contributed by atoms with Crippen molar-refractivity contribution in [2.24, 2.45) is 0 Å². The van der Waals surface area contributed by atoms with Gasteiger partial charge in [0.1, 0.15) is 6.61 Å². The highest BCUT2D eigenvalue weighted by atomic mass is 16.6. The largest absolute Gasteiger partial charge is 0.462 e. The maximum absolute atomic E-state index is 12.8. The number of ether oxygens (including phenoxy) is 3. The maximum Gasteiger partial charge on any atom is 0.310 e. The highest BCUT2D eigenvalue weighted by Gasteiger charge is 2.17. The van der Waals surface area contributed by atoms with Gasteiger partial charge in [0, 0.05) is 13.0 Å². The SMILES string of the molecule is CC/C=C\C/C=C\C/C=C\C/C=C\C/C=C\CC(=O)OC(COCCCCC/C=C\C/C=C\C/C=C\C/C=C\CC)COC(=O)CCCCCCCCCCC/C=C\C/C=C\CCCCC. The van der Waals surface area contributed by atoms with Gasteiger partial charge in [-0.25, -0.2) is 0 Å². The molecule has 0 bridgehead atoms. The Bertz CT molecular complexity index is 1400. The van der Waals surface area contributed by atoms with E-state index in [2.05, 4.69) is 142 Å². The molecule has 1 atom stereocenters. The number of unbranched alkanes of at least 4 members (excludes halogenated alkanes) is 15. The first-order valence-electron chi connectivity index (χ1n) is 26.7. The standard InChI is InChI=1S/C61H98O5/c1-4-7-10-13-16-19-22-25-28-30-31-32-34-36-39-42-45-48-51-54-60(62)65-58-59(57-64-56-53-50-47-44-41-38-35-29-26-23-20-17-14-11-8-5-2)66-61(63)55-52-49-46-43-40-37-33-27-24-21-18-15-12-9-6-3/h8-9,11-12,16-21,25-29,33,38,40-41,43,49,52,59H,4-7,10,13-15,22-24,30-32,34-37,39,42,44-48,50-51,53-58H2,1-3H3/b11-8-,12-9-,19-16-,20-17-,21-18-,28-25-,29-26-,33-27-,41-38-,43-40-,52-49-. The summed E-state index contributed by atoms with van der Waals surface area (Å²) in [5.41, 5.74) is 0. The highest BCUT2D eigenvalue weighted by Crippen LogP contribution is 2.13. The number of rotatable bonds is 47. The number of hydrogen-bond donors (Lipinski definition) is 0. The highest BCUT2D eigenvalue weighted by molar-refractivity contribution is 5.71. The van der Waals surface area contributed by atoms with Gasteiger partial charge in [-0.05, 0) is 116 Å². The molecule has 1 unspecified atom stereocenters. The minimum Gasteiger partial charge on any atom is -0.462 e. The number of carbonyl (C=O) groups excluding carboxylic acids is 2. The summed E-state index contributed by atoms with van der Waals surface area (Å²) in [4.78, 5) is 25.4. The summed E-state index contributed by atoms with van der Waals surface area (Å²) < 4.78 is 17.3. The zero-order chi connectivity index (χ0) is 47.7. The molecule has 0 heterocycles. The molecule has 0 rings (SSSR count). The van der Waals surface area contributed by atoms with Gasteiger partial charge in [0.15, 0.2) is 6.10 Å². The molecule has 0 aliphatic carbocycles. The van der Waals surface area contributed by atoms with Crippen LogP contribution in [0.5, 0.6) is 0 Å². The fourth-order valence-corrected chi connectivity index (χ4v) is 6.78. The molecule has 0 radical (unpaired) electrons. The van der Waals surface area contributed by atoms with Crippen LogP contribution in [0.4, 0.5) is 0 Å². The van der Waals surface area contributed by atoms with Crippen molar-refractivity contribution in [3.05, 3.63) is 134 Å². The summed E-state index contributed by atoms with van der Waals surface area (Å²) in [6.07, 6.45) is 79.2. The van der Waals surface area contributed by atoms with Gasteiger partial charge < -0.3 is 14.2 Å². The lowest BCUT2D eigenvalue weighted by Gasteiger charge is -2.18. The van der Waals surface area contributed by atoms with E-state index in [9.17, 15) is 9.59 Å².